The molecular formula is C36H60N12O9. The number of likely N-dealkylation sites (tertiary alicyclic amines) is 1. The van der Waals surface area contributed by atoms with Crippen LogP contribution in [0.25, 0.3) is 0 Å². The molecule has 0 aliphatic carbocycles. The average Bonchev–Trinajstić information content (AvgIpc) is 3.83. The molecule has 1 aliphatic rings. The lowest BCUT2D eigenvalue weighted by Gasteiger charge is -2.27. The number of aliphatic carboxylic acids is 1. The van der Waals surface area contributed by atoms with Gasteiger partial charge in [0, 0.05) is 38.3 Å². The zero-order valence-electron chi connectivity index (χ0n) is 33.6. The minimum Gasteiger partial charge on any atom is -0.480 e. The number of aromatic nitrogens is 2. The van der Waals surface area contributed by atoms with Crippen molar-refractivity contribution in [1.82, 2.24) is 46.8 Å². The molecule has 0 unspecified atom stereocenters. The Labute approximate surface area is 332 Å². The standard InChI is InChI=1S/C36H60N12O9/c1-19(2)13-25(46-33(54)27(15-23-16-39-18-42-23)47-34(55)28-10-8-12-48(28)22(6)49)31(52)41-17-29(50)44-26(14-20(3)4)32(53)43-21(5)30(51)45-24(35(56)57)9-7-11-40-36(37)38/h16,18-21,24-28H,7-15,17H2,1-6H3,(H,39,42)(H,41,52)(H,43,53)(H,44,50)(H,45,51)(H,46,54)(H,47,55)(H,56,57)(H4,37,38,40)/t21-,24-,25-,26-,27-,28-/m0/s1. The number of rotatable bonds is 23. The number of nitrogens with zero attached hydrogens (tertiary/aromatic N) is 3. The lowest BCUT2D eigenvalue weighted by Crippen LogP contribution is -2.58. The van der Waals surface area contributed by atoms with Crippen molar-refractivity contribution in [2.45, 2.75) is 123 Å². The lowest BCUT2D eigenvalue weighted by atomic mass is 10.0. The van der Waals surface area contributed by atoms with E-state index in [1.165, 1.54) is 31.3 Å². The lowest BCUT2D eigenvalue weighted by molar-refractivity contribution is -0.142. The normalized spacial score (nSPS) is 16.4. The van der Waals surface area contributed by atoms with Crippen molar-refractivity contribution in [1.29, 1.82) is 0 Å². The van der Waals surface area contributed by atoms with E-state index in [1.54, 1.807) is 0 Å². The van der Waals surface area contributed by atoms with Crippen molar-refractivity contribution < 1.29 is 43.5 Å². The molecule has 1 fully saturated rings. The number of aromatic amines is 1. The van der Waals surface area contributed by atoms with Crippen molar-refractivity contribution in [2.75, 3.05) is 19.6 Å². The molecule has 57 heavy (non-hydrogen) atoms. The second kappa shape index (κ2) is 23.3. The number of hydrogen-bond acceptors (Lipinski definition) is 10. The van der Waals surface area contributed by atoms with Gasteiger partial charge in [-0.05, 0) is 57.3 Å². The molecule has 0 saturated carbocycles. The third kappa shape index (κ3) is 16.9. The molecule has 2 heterocycles. The third-order valence-electron chi connectivity index (χ3n) is 9.01. The third-order valence-corrected chi connectivity index (χ3v) is 9.01. The van der Waals surface area contributed by atoms with E-state index in [-0.39, 0.29) is 62.4 Å². The van der Waals surface area contributed by atoms with Crippen molar-refractivity contribution >= 4 is 53.3 Å². The number of nitrogens with two attached hydrogens (primary N) is 2. The Hall–Kier alpha value is -5.76. The molecular weight excluding hydrogens is 744 g/mol. The summed E-state index contributed by atoms with van der Waals surface area (Å²) in [5, 5.41) is 24.9. The van der Waals surface area contributed by atoms with Crippen LogP contribution in [0.2, 0.25) is 0 Å². The molecule has 0 bridgehead atoms. The first kappa shape index (κ1) is 47.4. The Morgan fingerprint density at radius 1 is 0.860 bits per heavy atom. The number of amides is 7. The predicted molar refractivity (Wildman–Crippen MR) is 207 cm³/mol. The van der Waals surface area contributed by atoms with E-state index in [1.807, 2.05) is 27.7 Å². The molecule has 0 spiro atoms. The highest BCUT2D eigenvalue weighted by Gasteiger charge is 2.36. The Balaban J connectivity index is 2.07. The molecule has 1 aromatic heterocycles. The first-order valence-electron chi connectivity index (χ1n) is 19.1. The molecule has 6 atom stereocenters. The van der Waals surface area contributed by atoms with Crippen LogP contribution in [-0.2, 0) is 44.8 Å². The largest absolute Gasteiger partial charge is 0.480 e. The summed E-state index contributed by atoms with van der Waals surface area (Å²) in [5.41, 5.74) is 11.1. The number of aliphatic imine (C=N–C) groups is 1. The van der Waals surface area contributed by atoms with Crippen LogP contribution in [-0.4, -0.2) is 129 Å². The Bertz CT molecular complexity index is 1580. The number of imidazole rings is 1. The van der Waals surface area contributed by atoms with E-state index in [0.29, 0.717) is 25.1 Å². The van der Waals surface area contributed by atoms with Gasteiger partial charge in [0.25, 0.3) is 0 Å². The Kier molecular flexibility index (Phi) is 19.4. The van der Waals surface area contributed by atoms with Gasteiger partial charge in [-0.1, -0.05) is 27.7 Å². The van der Waals surface area contributed by atoms with Crippen LogP contribution in [0, 0.1) is 11.8 Å². The second-order valence-corrected chi connectivity index (χ2v) is 14.9. The van der Waals surface area contributed by atoms with Crippen LogP contribution in [0.4, 0.5) is 0 Å². The van der Waals surface area contributed by atoms with Gasteiger partial charge in [-0.2, -0.15) is 0 Å². The van der Waals surface area contributed by atoms with E-state index in [2.05, 4.69) is 46.9 Å². The number of carboxylic acids is 1. The summed E-state index contributed by atoms with van der Waals surface area (Å²) in [4.78, 5) is 115. The molecule has 0 aromatic carbocycles. The SMILES string of the molecule is CC(=O)N1CCC[C@H]1C(=O)N[C@@H](Cc1cnc[nH]1)C(=O)N[C@@H](CC(C)C)C(=O)NCC(=O)N[C@@H](CC(C)C)C(=O)N[C@@H](C)C(=O)N[C@@H](CCCN=C(N)N)C(=O)O. The highest BCUT2D eigenvalue weighted by atomic mass is 16.4. The minimum absolute atomic E-state index is 0.0171. The number of carbonyl (C=O) groups is 8. The van der Waals surface area contributed by atoms with Gasteiger partial charge < -0.3 is 58.4 Å². The summed E-state index contributed by atoms with van der Waals surface area (Å²) in [5.74, 6) is -5.88. The molecule has 0 radical (unpaired) electrons. The van der Waals surface area contributed by atoms with E-state index in [4.69, 9.17) is 11.5 Å². The van der Waals surface area contributed by atoms with E-state index in [9.17, 15) is 43.5 Å². The molecule has 21 nitrogen and oxygen atoms in total. The molecule has 1 aliphatic heterocycles. The van der Waals surface area contributed by atoms with E-state index < -0.39 is 84.2 Å². The van der Waals surface area contributed by atoms with Crippen LogP contribution in [0.1, 0.15) is 85.8 Å². The van der Waals surface area contributed by atoms with Gasteiger partial charge in [0.1, 0.15) is 36.3 Å². The maximum absolute atomic E-state index is 13.7. The number of carboxylic acid groups (broad SMARTS) is 1. The van der Waals surface area contributed by atoms with Crippen LogP contribution in [0.5, 0.6) is 0 Å². The summed E-state index contributed by atoms with van der Waals surface area (Å²) in [6.07, 6.45) is 4.67. The van der Waals surface area contributed by atoms with Gasteiger partial charge in [-0.3, -0.25) is 38.6 Å². The highest BCUT2D eigenvalue weighted by Crippen LogP contribution is 2.18. The summed E-state index contributed by atoms with van der Waals surface area (Å²) in [6, 6.07) is -6.53. The second-order valence-electron chi connectivity index (χ2n) is 14.9. The number of carbonyl (C=O) groups excluding carboxylic acids is 7. The number of guanidine groups is 1. The molecule has 1 aromatic rings. The van der Waals surface area contributed by atoms with Gasteiger partial charge in [0.15, 0.2) is 5.96 Å². The zero-order valence-corrected chi connectivity index (χ0v) is 33.6. The van der Waals surface area contributed by atoms with E-state index >= 15 is 0 Å². The van der Waals surface area contributed by atoms with Crippen molar-refractivity contribution in [3.63, 3.8) is 0 Å². The molecule has 12 N–H and O–H groups in total. The van der Waals surface area contributed by atoms with Crippen LogP contribution < -0.4 is 43.4 Å². The van der Waals surface area contributed by atoms with Gasteiger partial charge >= 0.3 is 5.97 Å². The summed E-state index contributed by atoms with van der Waals surface area (Å²) >= 11 is 0. The first-order valence-corrected chi connectivity index (χ1v) is 19.1. The van der Waals surface area contributed by atoms with Gasteiger partial charge in [0.2, 0.25) is 41.4 Å². The summed E-state index contributed by atoms with van der Waals surface area (Å²) < 4.78 is 0. The van der Waals surface area contributed by atoms with Crippen LogP contribution in [0.15, 0.2) is 17.5 Å². The zero-order chi connectivity index (χ0) is 42.8. The number of hydrogen-bond donors (Lipinski definition) is 10. The quantitative estimate of drug-likeness (QED) is 0.0319. The Morgan fingerprint density at radius 2 is 1.47 bits per heavy atom. The fourth-order valence-corrected chi connectivity index (χ4v) is 6.16. The topological polar surface area (TPSA) is 325 Å². The van der Waals surface area contributed by atoms with Crippen LogP contribution in [0.3, 0.4) is 0 Å². The molecule has 21 heteroatoms. The summed E-state index contributed by atoms with van der Waals surface area (Å²) in [7, 11) is 0. The smallest absolute Gasteiger partial charge is 0.326 e. The number of nitrogens with one attached hydrogen (secondary N) is 7. The summed E-state index contributed by atoms with van der Waals surface area (Å²) in [6.45, 7) is 10.1. The minimum atomic E-state index is -1.28. The van der Waals surface area contributed by atoms with Crippen molar-refractivity contribution in [2.24, 2.45) is 28.3 Å². The number of H-pyrrole nitrogens is 1. The fourth-order valence-electron chi connectivity index (χ4n) is 6.16. The first-order chi connectivity index (χ1) is 26.8. The maximum atomic E-state index is 13.7. The van der Waals surface area contributed by atoms with Gasteiger partial charge in [-0.15, -0.1) is 0 Å². The maximum Gasteiger partial charge on any atom is 0.326 e. The molecule has 2 rings (SSSR count). The highest BCUT2D eigenvalue weighted by molar-refractivity contribution is 5.96. The van der Waals surface area contributed by atoms with Gasteiger partial charge in [0.05, 0.1) is 12.9 Å². The molecule has 1 saturated heterocycles. The monoisotopic (exact) mass is 804 g/mol. The van der Waals surface area contributed by atoms with Crippen LogP contribution >= 0.6 is 0 Å². The Morgan fingerprint density at radius 3 is 2.04 bits per heavy atom. The molecule has 7 amide bonds. The average molecular weight is 805 g/mol. The molecule has 318 valence electrons. The van der Waals surface area contributed by atoms with Crippen molar-refractivity contribution in [3.05, 3.63) is 18.2 Å². The van der Waals surface area contributed by atoms with Crippen molar-refractivity contribution in [3.8, 4) is 0 Å². The predicted octanol–water partition coefficient (Wildman–Crippen LogP) is -2.25. The fraction of sp³-hybridized carbons (Fsp3) is 0.667. The van der Waals surface area contributed by atoms with Gasteiger partial charge in [-0.25, -0.2) is 9.78 Å². The van der Waals surface area contributed by atoms with E-state index in [0.717, 1.165) is 0 Å².